The van der Waals surface area contributed by atoms with Crippen molar-refractivity contribution >= 4 is 27.3 Å². The molecule has 12 heavy (non-hydrogen) atoms. The first-order chi connectivity index (χ1) is 5.66. The molecule has 0 saturated heterocycles. The Morgan fingerprint density at radius 1 is 1.58 bits per heavy atom. The second-order valence-electron chi connectivity index (χ2n) is 2.64. The van der Waals surface area contributed by atoms with Crippen molar-refractivity contribution in [3.63, 3.8) is 0 Å². The molecule has 2 nitrogen and oxygen atoms in total. The van der Waals surface area contributed by atoms with Crippen LogP contribution in [0.4, 0.5) is 0 Å². The molecule has 0 radical (unpaired) electrons. The van der Waals surface area contributed by atoms with Gasteiger partial charge in [-0.2, -0.15) is 11.3 Å². The Hall–Kier alpha value is 0.100. The van der Waals surface area contributed by atoms with Gasteiger partial charge in [-0.25, -0.2) is 0 Å². The summed E-state index contributed by atoms with van der Waals surface area (Å²) in [6.45, 7) is 1.97. The number of thiophene rings is 1. The lowest BCUT2D eigenvalue weighted by molar-refractivity contribution is 0.0956. The van der Waals surface area contributed by atoms with Gasteiger partial charge in [0.2, 0.25) is 0 Å². The summed E-state index contributed by atoms with van der Waals surface area (Å²) in [5.74, 6) is 0. The van der Waals surface area contributed by atoms with Crippen molar-refractivity contribution in [1.29, 1.82) is 0 Å². The number of hydrogen-bond donors (Lipinski definition) is 1. The molecule has 0 spiro atoms. The second kappa shape index (κ2) is 4.37. The average Bonchev–Trinajstić information content (AvgIpc) is 2.48. The van der Waals surface area contributed by atoms with Gasteiger partial charge in [0.15, 0.2) is 0 Å². The van der Waals surface area contributed by atoms with Gasteiger partial charge in [-0.3, -0.25) is 0 Å². The van der Waals surface area contributed by atoms with Crippen LogP contribution in [0, 0.1) is 0 Å². The molecule has 2 atom stereocenters. The van der Waals surface area contributed by atoms with Gasteiger partial charge in [0, 0.05) is 17.0 Å². The number of nitrogens with two attached hydrogens (primary N) is 1. The molecule has 2 unspecified atom stereocenters. The first-order valence-corrected chi connectivity index (χ1v) is 5.40. The standard InChI is InChI=1S/C8H12BrNOS/c1-5(11-2)8(10)6-3-12-4-7(6)9/h3-5,8H,10H2,1-2H3. The Labute approximate surface area is 84.9 Å². The molecule has 0 amide bonds. The zero-order valence-electron chi connectivity index (χ0n) is 7.08. The second-order valence-corrected chi connectivity index (χ2v) is 4.24. The van der Waals surface area contributed by atoms with E-state index in [9.17, 15) is 0 Å². The van der Waals surface area contributed by atoms with E-state index in [0.29, 0.717) is 0 Å². The van der Waals surface area contributed by atoms with Crippen LogP contribution in [-0.4, -0.2) is 13.2 Å². The Balaban J connectivity index is 2.77. The minimum atomic E-state index is -0.0457. The fourth-order valence-electron chi connectivity index (χ4n) is 0.929. The Morgan fingerprint density at radius 3 is 2.67 bits per heavy atom. The van der Waals surface area contributed by atoms with Crippen molar-refractivity contribution in [2.24, 2.45) is 5.73 Å². The first kappa shape index (κ1) is 10.2. The highest BCUT2D eigenvalue weighted by Crippen LogP contribution is 2.28. The Kier molecular flexibility index (Phi) is 3.71. The van der Waals surface area contributed by atoms with Crippen LogP contribution in [-0.2, 0) is 4.74 Å². The summed E-state index contributed by atoms with van der Waals surface area (Å²) in [4.78, 5) is 0. The summed E-state index contributed by atoms with van der Waals surface area (Å²) in [5.41, 5.74) is 7.07. The van der Waals surface area contributed by atoms with Crippen LogP contribution in [0.1, 0.15) is 18.5 Å². The maximum atomic E-state index is 5.95. The predicted molar refractivity (Wildman–Crippen MR) is 55.4 cm³/mol. The van der Waals surface area contributed by atoms with Gasteiger partial charge >= 0.3 is 0 Å². The fraction of sp³-hybridized carbons (Fsp3) is 0.500. The fourth-order valence-corrected chi connectivity index (χ4v) is 2.54. The molecular formula is C8H12BrNOS. The molecule has 1 aromatic rings. The van der Waals surface area contributed by atoms with Crippen LogP contribution in [0.2, 0.25) is 0 Å². The third-order valence-corrected chi connectivity index (χ3v) is 3.63. The third kappa shape index (κ3) is 2.07. The zero-order valence-corrected chi connectivity index (χ0v) is 9.48. The number of ether oxygens (including phenoxy) is 1. The van der Waals surface area contributed by atoms with E-state index in [1.807, 2.05) is 17.7 Å². The molecule has 68 valence electrons. The number of rotatable bonds is 3. The van der Waals surface area contributed by atoms with Gasteiger partial charge in [-0.05, 0) is 33.8 Å². The summed E-state index contributed by atoms with van der Waals surface area (Å²) >= 11 is 5.08. The Bertz CT molecular complexity index is 251. The minimum absolute atomic E-state index is 0.0457. The largest absolute Gasteiger partial charge is 0.380 e. The van der Waals surface area contributed by atoms with Crippen LogP contribution in [0.5, 0.6) is 0 Å². The normalized spacial score (nSPS) is 16.0. The summed E-state index contributed by atoms with van der Waals surface area (Å²) in [6.07, 6.45) is 0.0518. The van der Waals surface area contributed by atoms with E-state index in [4.69, 9.17) is 10.5 Å². The molecule has 1 heterocycles. The summed E-state index contributed by atoms with van der Waals surface area (Å²) in [6, 6.07) is -0.0457. The van der Waals surface area contributed by atoms with Gasteiger partial charge in [-0.1, -0.05) is 0 Å². The monoisotopic (exact) mass is 249 g/mol. The van der Waals surface area contributed by atoms with Crippen LogP contribution in [0.15, 0.2) is 15.2 Å². The molecule has 0 aromatic carbocycles. The Morgan fingerprint density at radius 2 is 2.25 bits per heavy atom. The molecule has 0 aliphatic heterocycles. The molecule has 4 heteroatoms. The average molecular weight is 250 g/mol. The molecule has 1 rings (SSSR count). The molecular weight excluding hydrogens is 238 g/mol. The van der Waals surface area contributed by atoms with Crippen LogP contribution < -0.4 is 5.73 Å². The molecule has 0 aliphatic carbocycles. The predicted octanol–water partition coefficient (Wildman–Crippen LogP) is 2.55. The third-order valence-electron chi connectivity index (χ3n) is 1.88. The number of halogens is 1. The topological polar surface area (TPSA) is 35.2 Å². The minimum Gasteiger partial charge on any atom is -0.380 e. The molecule has 0 aliphatic rings. The van der Waals surface area contributed by atoms with E-state index < -0.39 is 0 Å². The van der Waals surface area contributed by atoms with E-state index >= 15 is 0 Å². The first-order valence-electron chi connectivity index (χ1n) is 3.66. The summed E-state index contributed by atoms with van der Waals surface area (Å²) in [7, 11) is 1.67. The summed E-state index contributed by atoms with van der Waals surface area (Å²) < 4.78 is 6.22. The quantitative estimate of drug-likeness (QED) is 0.894. The number of hydrogen-bond acceptors (Lipinski definition) is 3. The highest BCUT2D eigenvalue weighted by molar-refractivity contribution is 9.10. The lowest BCUT2D eigenvalue weighted by Gasteiger charge is -2.17. The van der Waals surface area contributed by atoms with Crippen molar-refractivity contribution in [3.05, 3.63) is 20.8 Å². The van der Waals surface area contributed by atoms with Gasteiger partial charge in [0.05, 0.1) is 12.1 Å². The summed E-state index contributed by atoms with van der Waals surface area (Å²) in [5, 5.41) is 4.07. The highest BCUT2D eigenvalue weighted by Gasteiger charge is 2.16. The lowest BCUT2D eigenvalue weighted by Crippen LogP contribution is -2.24. The molecule has 2 N–H and O–H groups in total. The molecule has 0 fully saturated rings. The molecule has 0 saturated carbocycles. The van der Waals surface area contributed by atoms with Gasteiger partial charge in [0.1, 0.15) is 0 Å². The van der Waals surface area contributed by atoms with Crippen molar-refractivity contribution < 1.29 is 4.74 Å². The van der Waals surface area contributed by atoms with Crippen LogP contribution in [0.3, 0.4) is 0 Å². The maximum Gasteiger partial charge on any atom is 0.0736 e. The number of methoxy groups -OCH3 is 1. The van der Waals surface area contributed by atoms with Crippen LogP contribution in [0.25, 0.3) is 0 Å². The highest BCUT2D eigenvalue weighted by atomic mass is 79.9. The smallest absolute Gasteiger partial charge is 0.0736 e. The van der Waals surface area contributed by atoms with Gasteiger partial charge in [-0.15, -0.1) is 0 Å². The van der Waals surface area contributed by atoms with E-state index in [-0.39, 0.29) is 12.1 Å². The van der Waals surface area contributed by atoms with E-state index in [1.54, 1.807) is 18.4 Å². The molecule has 1 aromatic heterocycles. The maximum absolute atomic E-state index is 5.95. The van der Waals surface area contributed by atoms with Gasteiger partial charge in [0.25, 0.3) is 0 Å². The van der Waals surface area contributed by atoms with Crippen molar-refractivity contribution in [1.82, 2.24) is 0 Å². The van der Waals surface area contributed by atoms with Crippen LogP contribution >= 0.6 is 27.3 Å². The zero-order chi connectivity index (χ0) is 9.14. The van der Waals surface area contributed by atoms with E-state index in [2.05, 4.69) is 15.9 Å². The van der Waals surface area contributed by atoms with Gasteiger partial charge < -0.3 is 10.5 Å². The lowest BCUT2D eigenvalue weighted by atomic mass is 10.1. The van der Waals surface area contributed by atoms with E-state index in [1.165, 1.54) is 0 Å². The van der Waals surface area contributed by atoms with Crippen molar-refractivity contribution in [2.45, 2.75) is 19.1 Å². The van der Waals surface area contributed by atoms with E-state index in [0.717, 1.165) is 10.0 Å². The SMILES string of the molecule is COC(C)C(N)c1cscc1Br. The molecule has 0 bridgehead atoms. The van der Waals surface area contributed by atoms with Crippen molar-refractivity contribution in [2.75, 3.05) is 7.11 Å². The van der Waals surface area contributed by atoms with Crippen molar-refractivity contribution in [3.8, 4) is 0 Å².